The first-order valence-corrected chi connectivity index (χ1v) is 5.70. The summed E-state index contributed by atoms with van der Waals surface area (Å²) in [5.74, 6) is 0.336. The van der Waals surface area contributed by atoms with Crippen molar-refractivity contribution in [2.75, 3.05) is 12.3 Å². The maximum atomic E-state index is 10.9. The highest BCUT2D eigenvalue weighted by molar-refractivity contribution is 5.91. The first kappa shape index (κ1) is 13.3. The van der Waals surface area contributed by atoms with Gasteiger partial charge in [-0.25, -0.2) is 4.98 Å². The summed E-state index contributed by atoms with van der Waals surface area (Å²) in [5, 5.41) is 0. The predicted octanol–water partition coefficient (Wildman–Crippen LogP) is 1.58. The smallest absolute Gasteiger partial charge is 0.267 e. The fraction of sp³-hybridized carbons (Fsp3) is 0.500. The van der Waals surface area contributed by atoms with Crippen LogP contribution in [0.1, 0.15) is 37.2 Å². The van der Waals surface area contributed by atoms with Crippen molar-refractivity contribution >= 4 is 11.6 Å². The number of aromatic nitrogens is 1. The van der Waals surface area contributed by atoms with Crippen molar-refractivity contribution in [3.63, 3.8) is 0 Å². The Morgan fingerprint density at radius 1 is 1.47 bits per heavy atom. The summed E-state index contributed by atoms with van der Waals surface area (Å²) in [4.78, 5) is 14.9. The molecule has 1 rings (SSSR count). The molecule has 1 aromatic heterocycles. The van der Waals surface area contributed by atoms with Crippen LogP contribution in [0.5, 0.6) is 5.88 Å². The topological polar surface area (TPSA) is 91.2 Å². The van der Waals surface area contributed by atoms with Crippen molar-refractivity contribution in [1.82, 2.24) is 4.98 Å². The Morgan fingerprint density at radius 3 is 2.76 bits per heavy atom. The Morgan fingerprint density at radius 2 is 2.18 bits per heavy atom. The Balaban J connectivity index is 2.57. The quantitative estimate of drug-likeness (QED) is 0.735. The highest BCUT2D eigenvalue weighted by atomic mass is 16.5. The van der Waals surface area contributed by atoms with Gasteiger partial charge in [-0.3, -0.25) is 4.79 Å². The van der Waals surface area contributed by atoms with E-state index < -0.39 is 5.91 Å². The zero-order valence-electron chi connectivity index (χ0n) is 10.3. The lowest BCUT2D eigenvalue weighted by atomic mass is 10.1. The molecule has 1 heterocycles. The molecule has 1 amide bonds. The van der Waals surface area contributed by atoms with Gasteiger partial charge in [0.15, 0.2) is 0 Å². The molecule has 0 bridgehead atoms. The van der Waals surface area contributed by atoms with Crippen LogP contribution in [0.15, 0.2) is 12.1 Å². The van der Waals surface area contributed by atoms with Gasteiger partial charge in [-0.2, -0.15) is 0 Å². The van der Waals surface area contributed by atoms with Gasteiger partial charge in [0, 0.05) is 0 Å². The zero-order valence-corrected chi connectivity index (χ0v) is 10.3. The molecule has 5 heteroatoms. The molecule has 0 aliphatic carbocycles. The molecule has 0 spiro atoms. The molecule has 0 fully saturated rings. The van der Waals surface area contributed by atoms with Crippen LogP contribution in [-0.2, 0) is 0 Å². The normalized spacial score (nSPS) is 10.5. The van der Waals surface area contributed by atoms with Crippen LogP contribution in [0.2, 0.25) is 0 Å². The van der Waals surface area contributed by atoms with E-state index in [-0.39, 0.29) is 11.6 Å². The molecule has 94 valence electrons. The largest absolute Gasteiger partial charge is 0.476 e. The van der Waals surface area contributed by atoms with Gasteiger partial charge in [0.2, 0.25) is 5.88 Å². The molecule has 0 unspecified atom stereocenters. The van der Waals surface area contributed by atoms with Crippen LogP contribution < -0.4 is 16.2 Å². The number of nitrogens with two attached hydrogens (primary N) is 2. The molecule has 5 nitrogen and oxygen atoms in total. The second kappa shape index (κ2) is 6.08. The third-order valence-electron chi connectivity index (χ3n) is 2.31. The van der Waals surface area contributed by atoms with E-state index in [4.69, 9.17) is 16.2 Å². The van der Waals surface area contributed by atoms with E-state index in [0.29, 0.717) is 18.2 Å². The van der Waals surface area contributed by atoms with Crippen LogP contribution in [0, 0.1) is 5.92 Å². The van der Waals surface area contributed by atoms with Crippen molar-refractivity contribution in [3.8, 4) is 5.88 Å². The van der Waals surface area contributed by atoms with Gasteiger partial charge in [0.25, 0.3) is 5.91 Å². The zero-order chi connectivity index (χ0) is 12.8. The molecule has 0 aliphatic rings. The standard InChI is InChI=1S/C12H19N3O2/c1-8(2)4-3-7-17-12-9(13)5-6-10(15-12)11(14)16/h5-6,8H,3-4,7,13H2,1-2H3,(H2,14,16). The van der Waals surface area contributed by atoms with Crippen LogP contribution in [0.3, 0.4) is 0 Å². The number of ether oxygens (including phenoxy) is 1. The summed E-state index contributed by atoms with van der Waals surface area (Å²) in [6, 6.07) is 3.06. The van der Waals surface area contributed by atoms with Gasteiger partial charge in [-0.15, -0.1) is 0 Å². The van der Waals surface area contributed by atoms with Gasteiger partial charge >= 0.3 is 0 Å². The molecule has 0 atom stereocenters. The molecule has 4 N–H and O–H groups in total. The average molecular weight is 237 g/mol. The summed E-state index contributed by atoms with van der Waals surface area (Å²) in [7, 11) is 0. The number of hydrogen-bond donors (Lipinski definition) is 2. The van der Waals surface area contributed by atoms with E-state index in [1.807, 2.05) is 0 Å². The molecule has 17 heavy (non-hydrogen) atoms. The minimum absolute atomic E-state index is 0.165. The van der Waals surface area contributed by atoms with Crippen molar-refractivity contribution < 1.29 is 9.53 Å². The summed E-state index contributed by atoms with van der Waals surface area (Å²) in [6.45, 7) is 4.85. The molecule has 0 radical (unpaired) electrons. The molecular weight excluding hydrogens is 218 g/mol. The average Bonchev–Trinajstić information content (AvgIpc) is 2.25. The first-order chi connectivity index (χ1) is 8.00. The van der Waals surface area contributed by atoms with E-state index in [0.717, 1.165) is 12.8 Å². The SMILES string of the molecule is CC(C)CCCOc1nc(C(N)=O)ccc1N. The second-order valence-electron chi connectivity index (χ2n) is 4.34. The number of primary amides is 1. The lowest BCUT2D eigenvalue weighted by molar-refractivity contribution is 0.0994. The van der Waals surface area contributed by atoms with E-state index in [2.05, 4.69) is 18.8 Å². The highest BCUT2D eigenvalue weighted by Crippen LogP contribution is 2.18. The fourth-order valence-corrected chi connectivity index (χ4v) is 1.36. The Kier molecular flexibility index (Phi) is 4.75. The minimum Gasteiger partial charge on any atom is -0.476 e. The van der Waals surface area contributed by atoms with Crippen molar-refractivity contribution in [2.24, 2.45) is 11.7 Å². The molecular formula is C12H19N3O2. The lowest BCUT2D eigenvalue weighted by Crippen LogP contribution is -2.14. The summed E-state index contributed by atoms with van der Waals surface area (Å²) < 4.78 is 5.43. The Hall–Kier alpha value is -1.78. The number of hydrogen-bond acceptors (Lipinski definition) is 4. The predicted molar refractivity (Wildman–Crippen MR) is 66.7 cm³/mol. The highest BCUT2D eigenvalue weighted by Gasteiger charge is 2.08. The first-order valence-electron chi connectivity index (χ1n) is 5.70. The number of carbonyl (C=O) groups is 1. The molecule has 0 saturated carbocycles. The van der Waals surface area contributed by atoms with E-state index in [1.165, 1.54) is 6.07 Å². The number of rotatable bonds is 6. The second-order valence-corrected chi connectivity index (χ2v) is 4.34. The number of nitrogen functional groups attached to an aromatic ring is 1. The maximum Gasteiger partial charge on any atom is 0.267 e. The number of pyridine rings is 1. The van der Waals surface area contributed by atoms with Gasteiger partial charge < -0.3 is 16.2 Å². The van der Waals surface area contributed by atoms with Crippen LogP contribution in [0.25, 0.3) is 0 Å². The Labute approximate surface area is 101 Å². The van der Waals surface area contributed by atoms with Crippen LogP contribution >= 0.6 is 0 Å². The van der Waals surface area contributed by atoms with Gasteiger partial charge in [-0.05, 0) is 30.9 Å². The van der Waals surface area contributed by atoms with E-state index in [9.17, 15) is 4.79 Å². The molecule has 0 saturated heterocycles. The van der Waals surface area contributed by atoms with Crippen molar-refractivity contribution in [2.45, 2.75) is 26.7 Å². The third-order valence-corrected chi connectivity index (χ3v) is 2.31. The lowest BCUT2D eigenvalue weighted by Gasteiger charge is -2.09. The van der Waals surface area contributed by atoms with Gasteiger partial charge in [-0.1, -0.05) is 13.8 Å². The van der Waals surface area contributed by atoms with Gasteiger partial charge in [0.05, 0.1) is 12.3 Å². The number of nitrogens with zero attached hydrogens (tertiary/aromatic N) is 1. The van der Waals surface area contributed by atoms with Gasteiger partial charge in [0.1, 0.15) is 5.69 Å². The Bertz CT molecular complexity index is 391. The number of amides is 1. The fourth-order valence-electron chi connectivity index (χ4n) is 1.36. The summed E-state index contributed by atoms with van der Waals surface area (Å²) in [6.07, 6.45) is 2.01. The van der Waals surface area contributed by atoms with E-state index >= 15 is 0 Å². The maximum absolute atomic E-state index is 10.9. The molecule has 1 aromatic rings. The minimum atomic E-state index is -0.586. The summed E-state index contributed by atoms with van der Waals surface area (Å²) in [5.41, 5.74) is 11.4. The number of anilines is 1. The monoisotopic (exact) mass is 237 g/mol. The van der Waals surface area contributed by atoms with Crippen molar-refractivity contribution in [1.29, 1.82) is 0 Å². The molecule has 0 aromatic carbocycles. The number of carbonyl (C=O) groups excluding carboxylic acids is 1. The van der Waals surface area contributed by atoms with E-state index in [1.54, 1.807) is 6.07 Å². The van der Waals surface area contributed by atoms with Crippen LogP contribution in [-0.4, -0.2) is 17.5 Å². The summed E-state index contributed by atoms with van der Waals surface area (Å²) >= 11 is 0. The van der Waals surface area contributed by atoms with Crippen LogP contribution in [0.4, 0.5) is 5.69 Å². The van der Waals surface area contributed by atoms with Crippen molar-refractivity contribution in [3.05, 3.63) is 17.8 Å². The molecule has 0 aliphatic heterocycles. The third kappa shape index (κ3) is 4.30.